The quantitative estimate of drug-likeness (QED) is 0.745. The summed E-state index contributed by atoms with van der Waals surface area (Å²) in [4.78, 5) is 3.27. The van der Waals surface area contributed by atoms with Gasteiger partial charge in [-0.1, -0.05) is 36.5 Å². The van der Waals surface area contributed by atoms with E-state index in [1.54, 1.807) is 20.3 Å². The molecule has 0 amide bonds. The van der Waals surface area contributed by atoms with Crippen molar-refractivity contribution < 1.29 is 14.6 Å². The molecule has 0 bridgehead atoms. The van der Waals surface area contributed by atoms with Crippen molar-refractivity contribution in [2.24, 2.45) is 5.73 Å². The lowest BCUT2D eigenvalue weighted by Gasteiger charge is -2.29. The van der Waals surface area contributed by atoms with Crippen LogP contribution in [0.4, 0.5) is 0 Å². The van der Waals surface area contributed by atoms with Crippen molar-refractivity contribution in [2.75, 3.05) is 20.8 Å². The summed E-state index contributed by atoms with van der Waals surface area (Å²) < 4.78 is 10.7. The number of nitrogens with zero attached hydrogens (tertiary/aromatic N) is 1. The van der Waals surface area contributed by atoms with E-state index in [4.69, 9.17) is 27.4 Å². The summed E-state index contributed by atoms with van der Waals surface area (Å²) in [6.45, 7) is 0.730. The number of methoxy groups -OCH3 is 2. The van der Waals surface area contributed by atoms with Crippen molar-refractivity contribution in [1.82, 2.24) is 4.90 Å². The zero-order valence-corrected chi connectivity index (χ0v) is 16.0. The zero-order valence-electron chi connectivity index (χ0n) is 15.2. The minimum atomic E-state index is -0.605. The third-order valence-corrected chi connectivity index (χ3v) is 5.47. The molecule has 1 aliphatic heterocycles. The van der Waals surface area contributed by atoms with E-state index in [0.29, 0.717) is 6.04 Å². The van der Waals surface area contributed by atoms with Crippen LogP contribution in [0.5, 0.6) is 11.5 Å². The molecule has 3 atom stereocenters. The van der Waals surface area contributed by atoms with Gasteiger partial charge < -0.3 is 25.2 Å². The first-order chi connectivity index (χ1) is 12.5. The van der Waals surface area contributed by atoms with Crippen LogP contribution >= 0.6 is 12.2 Å². The smallest absolute Gasteiger partial charge is 0.160 e. The summed E-state index contributed by atoms with van der Waals surface area (Å²) in [6.07, 6.45) is 7.89. The van der Waals surface area contributed by atoms with Crippen LogP contribution in [0.3, 0.4) is 0 Å². The highest BCUT2D eigenvalue weighted by molar-refractivity contribution is 7.80. The monoisotopic (exact) mass is 374 g/mol. The molecule has 1 aliphatic carbocycles. The summed E-state index contributed by atoms with van der Waals surface area (Å²) in [5.41, 5.74) is 8.24. The number of rotatable bonds is 6. The van der Waals surface area contributed by atoms with E-state index >= 15 is 0 Å². The highest BCUT2D eigenvalue weighted by atomic mass is 32.1. The molecule has 3 unspecified atom stereocenters. The molecule has 1 aromatic carbocycles. The number of hydrogen-bond acceptors (Lipinski definition) is 5. The standard InChI is InChI=1S/C20H26N2O3S/c1-24-18-7-4-13(11-19(18)25-2)9-15-5-8-20(26)22(15)12-14-3-6-17(23)16(21)10-14/h3-4,6-7,10-11,15-17,23H,5,8-9,12,21H2,1-2H3. The van der Waals surface area contributed by atoms with Crippen molar-refractivity contribution in [3.05, 3.63) is 47.6 Å². The van der Waals surface area contributed by atoms with Gasteiger partial charge in [0.25, 0.3) is 0 Å². The lowest BCUT2D eigenvalue weighted by atomic mass is 9.99. The fourth-order valence-corrected chi connectivity index (χ4v) is 3.89. The Labute approximate surface area is 160 Å². The van der Waals surface area contributed by atoms with E-state index < -0.39 is 6.10 Å². The largest absolute Gasteiger partial charge is 0.493 e. The van der Waals surface area contributed by atoms with E-state index in [0.717, 1.165) is 47.9 Å². The number of nitrogens with two attached hydrogens (primary N) is 1. The summed E-state index contributed by atoms with van der Waals surface area (Å²) in [7, 11) is 3.29. The van der Waals surface area contributed by atoms with Gasteiger partial charge in [-0.05, 0) is 42.5 Å². The maximum atomic E-state index is 9.73. The van der Waals surface area contributed by atoms with E-state index in [2.05, 4.69) is 11.0 Å². The highest BCUT2D eigenvalue weighted by Gasteiger charge is 2.29. The number of thiocarbonyl (C=S) groups is 1. The molecule has 0 aromatic heterocycles. The van der Waals surface area contributed by atoms with Crippen LogP contribution < -0.4 is 15.2 Å². The summed E-state index contributed by atoms with van der Waals surface area (Å²) in [5.74, 6) is 1.48. The van der Waals surface area contributed by atoms with Gasteiger partial charge in [0.2, 0.25) is 0 Å². The average Bonchev–Trinajstić information content (AvgIpc) is 2.98. The van der Waals surface area contributed by atoms with Gasteiger partial charge in [0, 0.05) is 12.6 Å². The Hall–Kier alpha value is -1.89. The molecule has 0 saturated carbocycles. The topological polar surface area (TPSA) is 68.0 Å². The number of aliphatic hydroxyl groups excluding tert-OH is 1. The van der Waals surface area contributed by atoms with Crippen molar-refractivity contribution in [3.63, 3.8) is 0 Å². The lowest BCUT2D eigenvalue weighted by Crippen LogP contribution is -2.38. The molecule has 0 spiro atoms. The van der Waals surface area contributed by atoms with Crippen LogP contribution in [0.1, 0.15) is 18.4 Å². The summed E-state index contributed by atoms with van der Waals surface area (Å²) >= 11 is 5.59. The Morgan fingerprint density at radius 3 is 2.73 bits per heavy atom. The molecule has 140 valence electrons. The van der Waals surface area contributed by atoms with Gasteiger partial charge in [-0.25, -0.2) is 0 Å². The minimum absolute atomic E-state index is 0.345. The number of likely N-dealkylation sites (tertiary alicyclic amines) is 1. The third-order valence-electron chi connectivity index (χ3n) is 5.03. The van der Waals surface area contributed by atoms with Crippen LogP contribution in [0.15, 0.2) is 42.0 Å². The molecule has 1 heterocycles. The Bertz CT molecular complexity index is 732. The predicted octanol–water partition coefficient (Wildman–Crippen LogP) is 2.22. The molecular formula is C20H26N2O3S. The van der Waals surface area contributed by atoms with Gasteiger partial charge in [0.05, 0.1) is 31.4 Å². The predicted molar refractivity (Wildman–Crippen MR) is 107 cm³/mol. The molecule has 5 nitrogen and oxygen atoms in total. The third kappa shape index (κ3) is 4.09. The van der Waals surface area contributed by atoms with Crippen molar-refractivity contribution in [1.29, 1.82) is 0 Å². The second-order valence-electron chi connectivity index (χ2n) is 6.78. The molecule has 3 N–H and O–H groups in total. The first-order valence-corrected chi connectivity index (χ1v) is 9.25. The second-order valence-corrected chi connectivity index (χ2v) is 7.25. The summed E-state index contributed by atoms with van der Waals surface area (Å²) in [6, 6.07) is 6.05. The van der Waals surface area contributed by atoms with E-state index in [-0.39, 0.29) is 6.04 Å². The van der Waals surface area contributed by atoms with E-state index in [1.807, 2.05) is 24.3 Å². The molecular weight excluding hydrogens is 348 g/mol. The first-order valence-electron chi connectivity index (χ1n) is 8.84. The van der Waals surface area contributed by atoms with Crippen LogP contribution in [-0.2, 0) is 6.42 Å². The molecule has 26 heavy (non-hydrogen) atoms. The normalized spacial score (nSPS) is 25.4. The van der Waals surface area contributed by atoms with Gasteiger partial charge in [-0.15, -0.1) is 0 Å². The second kappa shape index (κ2) is 8.20. The SMILES string of the molecule is COc1ccc(CC2CCC(=S)N2CC2=CC(N)C(O)C=C2)cc1OC. The number of ether oxygens (including phenoxy) is 2. The number of hydrogen-bond donors (Lipinski definition) is 2. The van der Waals surface area contributed by atoms with Crippen molar-refractivity contribution >= 4 is 17.2 Å². The average molecular weight is 375 g/mol. The Balaban J connectivity index is 1.72. The molecule has 1 aromatic rings. The van der Waals surface area contributed by atoms with Crippen LogP contribution in [-0.4, -0.2) is 53.9 Å². The van der Waals surface area contributed by atoms with E-state index in [9.17, 15) is 5.11 Å². The minimum Gasteiger partial charge on any atom is -0.493 e. The van der Waals surface area contributed by atoms with Gasteiger partial charge in [-0.2, -0.15) is 0 Å². The maximum absolute atomic E-state index is 9.73. The maximum Gasteiger partial charge on any atom is 0.160 e. The Kier molecular flexibility index (Phi) is 5.96. The molecule has 2 aliphatic rings. The fraction of sp³-hybridized carbons (Fsp3) is 0.450. The zero-order chi connectivity index (χ0) is 18.7. The number of aliphatic hydroxyl groups is 1. The van der Waals surface area contributed by atoms with Gasteiger partial charge >= 0.3 is 0 Å². The molecule has 1 fully saturated rings. The summed E-state index contributed by atoms with van der Waals surface area (Å²) in [5, 5.41) is 9.73. The van der Waals surface area contributed by atoms with E-state index in [1.165, 1.54) is 5.56 Å². The molecule has 6 heteroatoms. The number of benzene rings is 1. The first kappa shape index (κ1) is 18.9. The fourth-order valence-electron chi connectivity index (χ4n) is 3.56. The van der Waals surface area contributed by atoms with Gasteiger partial charge in [0.1, 0.15) is 0 Å². The van der Waals surface area contributed by atoms with Crippen molar-refractivity contribution in [2.45, 2.75) is 37.5 Å². The van der Waals surface area contributed by atoms with Crippen molar-refractivity contribution in [3.8, 4) is 11.5 Å². The van der Waals surface area contributed by atoms with Crippen LogP contribution in [0.25, 0.3) is 0 Å². The molecule has 3 rings (SSSR count). The molecule has 1 saturated heterocycles. The van der Waals surface area contributed by atoms with Crippen LogP contribution in [0, 0.1) is 0 Å². The van der Waals surface area contributed by atoms with Gasteiger partial charge in [-0.3, -0.25) is 0 Å². The molecule has 0 radical (unpaired) electrons. The Morgan fingerprint density at radius 2 is 2.04 bits per heavy atom. The van der Waals surface area contributed by atoms with Gasteiger partial charge in [0.15, 0.2) is 11.5 Å². The lowest BCUT2D eigenvalue weighted by molar-refractivity contribution is 0.206. The highest BCUT2D eigenvalue weighted by Crippen LogP contribution is 2.31. The Morgan fingerprint density at radius 1 is 1.27 bits per heavy atom. The van der Waals surface area contributed by atoms with Crippen LogP contribution in [0.2, 0.25) is 0 Å².